The zero-order valence-electron chi connectivity index (χ0n) is 28.4. The molecule has 1 aliphatic carbocycles. The first-order valence-electron chi connectivity index (χ1n) is 17.0. The van der Waals surface area contributed by atoms with E-state index in [1.54, 1.807) is 0 Å². The van der Waals surface area contributed by atoms with E-state index < -0.39 is 0 Å². The predicted octanol–water partition coefficient (Wildman–Crippen LogP) is 8.73. The van der Waals surface area contributed by atoms with Crippen molar-refractivity contribution in [2.45, 2.75) is 123 Å². The number of unbranched alkanes of at least 4 members (excludes halogenated alkanes) is 3. The van der Waals surface area contributed by atoms with Crippen molar-refractivity contribution in [2.24, 2.45) is 5.41 Å². The molecule has 1 saturated carbocycles. The van der Waals surface area contributed by atoms with Crippen molar-refractivity contribution >= 4 is 22.3 Å². The lowest BCUT2D eigenvalue weighted by atomic mass is 9.93. The second kappa shape index (κ2) is 19.7. The van der Waals surface area contributed by atoms with Crippen molar-refractivity contribution in [1.29, 1.82) is 0 Å². The normalized spacial score (nSPS) is 18.4. The van der Waals surface area contributed by atoms with E-state index in [9.17, 15) is 4.79 Å². The molecular formula is C38H62N4O. The highest BCUT2D eigenvalue weighted by molar-refractivity contribution is 5.84. The van der Waals surface area contributed by atoms with Gasteiger partial charge in [-0.25, -0.2) is 0 Å². The number of aryl methyl sites for hydroxylation is 1. The maximum Gasteiger partial charge on any atom is 0.132 e. The van der Waals surface area contributed by atoms with Gasteiger partial charge in [-0.3, -0.25) is 9.78 Å². The van der Waals surface area contributed by atoms with Crippen molar-refractivity contribution in [2.75, 3.05) is 27.2 Å². The molecule has 1 aromatic carbocycles. The van der Waals surface area contributed by atoms with Crippen LogP contribution in [-0.4, -0.2) is 54.9 Å². The number of likely N-dealkylation sites (tertiary alicyclic amines) is 1. The number of nitrogens with zero attached hydrogens (tertiary/aromatic N) is 2. The first kappa shape index (κ1) is 36.7. The molecule has 3 heterocycles. The molecule has 1 atom stereocenters. The largest absolute Gasteiger partial charge is 0.388 e. The molecule has 5 rings (SSSR count). The Bertz CT molecular complexity index is 1110. The van der Waals surface area contributed by atoms with Crippen LogP contribution in [0.3, 0.4) is 0 Å². The molecule has 1 unspecified atom stereocenters. The number of Topliss-reactive ketones (excluding diaryl/α,β-unsaturated/α-hetero) is 1. The lowest BCUT2D eigenvalue weighted by Gasteiger charge is -2.34. The monoisotopic (exact) mass is 590 g/mol. The minimum Gasteiger partial charge on any atom is -0.388 e. The standard InChI is InChI=1S/C24H32N2O.C10H19N.C2H7N.C2H4/c1-3-21(27)13-8-6-5-7-12-20-15-19(17-25-20)22-16-18-11-9-10-14-24(18)26-23(22)4-2;1-9(2)11-7-5-10(3-4-10)6-8-11;1-3-2;1-2/h9-11,14,16-17,20,25H,3-8,12-13,15H2,1-2H3;9H,3-8H2,1-2H3;3H,1-2H3;1-2H2. The van der Waals surface area contributed by atoms with E-state index in [0.717, 1.165) is 42.7 Å². The highest BCUT2D eigenvalue weighted by atomic mass is 16.1. The summed E-state index contributed by atoms with van der Waals surface area (Å²) in [6.07, 6.45) is 17.6. The highest BCUT2D eigenvalue weighted by Gasteiger charge is 2.44. The summed E-state index contributed by atoms with van der Waals surface area (Å²) in [6, 6.07) is 12.0. The molecule has 0 bridgehead atoms. The third kappa shape index (κ3) is 12.2. The highest BCUT2D eigenvalue weighted by Crippen LogP contribution is 2.53. The molecule has 3 aliphatic rings. The SMILES string of the molecule is C=C.CC(C)N1CCC2(CC1)CC2.CCC(=O)CCCCCCC1CC(c2cc3ccccc3nc2CC)=CN1.CNC. The number of benzene rings is 1. The summed E-state index contributed by atoms with van der Waals surface area (Å²) in [4.78, 5) is 18.8. The summed E-state index contributed by atoms with van der Waals surface area (Å²) in [5, 5.41) is 7.55. The van der Waals surface area contributed by atoms with Crippen LogP contribution in [0.4, 0.5) is 0 Å². The molecule has 240 valence electrons. The van der Waals surface area contributed by atoms with E-state index in [1.165, 1.54) is 86.7 Å². The average Bonchev–Trinajstić information content (AvgIpc) is 3.61. The summed E-state index contributed by atoms with van der Waals surface area (Å²) in [5.74, 6) is 0.400. The Morgan fingerprint density at radius 2 is 1.70 bits per heavy atom. The van der Waals surface area contributed by atoms with Crippen LogP contribution in [0.2, 0.25) is 0 Å². The number of piperidine rings is 1. The lowest BCUT2D eigenvalue weighted by molar-refractivity contribution is -0.118. The van der Waals surface area contributed by atoms with E-state index in [2.05, 4.69) is 86.0 Å². The van der Waals surface area contributed by atoms with Crippen LogP contribution in [0.25, 0.3) is 16.5 Å². The van der Waals surface area contributed by atoms with Gasteiger partial charge in [0.25, 0.3) is 0 Å². The van der Waals surface area contributed by atoms with Crippen LogP contribution < -0.4 is 10.6 Å². The number of para-hydroxylation sites is 1. The third-order valence-electron chi connectivity index (χ3n) is 9.14. The number of ketones is 1. The Balaban J connectivity index is 0.000000332. The molecule has 1 aromatic heterocycles. The summed E-state index contributed by atoms with van der Waals surface area (Å²) >= 11 is 0. The first-order chi connectivity index (χ1) is 20.8. The van der Waals surface area contributed by atoms with Crippen LogP contribution >= 0.6 is 0 Å². The van der Waals surface area contributed by atoms with Gasteiger partial charge in [0.2, 0.25) is 0 Å². The Morgan fingerprint density at radius 3 is 2.30 bits per heavy atom. The number of rotatable bonds is 11. The molecule has 0 radical (unpaired) electrons. The minimum absolute atomic E-state index is 0.400. The Labute approximate surface area is 264 Å². The number of aromatic nitrogens is 1. The van der Waals surface area contributed by atoms with Crippen molar-refractivity contribution < 1.29 is 4.79 Å². The predicted molar refractivity (Wildman–Crippen MR) is 187 cm³/mol. The quantitative estimate of drug-likeness (QED) is 0.202. The summed E-state index contributed by atoms with van der Waals surface area (Å²) < 4.78 is 0. The number of hydrogen-bond acceptors (Lipinski definition) is 5. The minimum atomic E-state index is 0.400. The molecule has 2 fully saturated rings. The fourth-order valence-electron chi connectivity index (χ4n) is 6.11. The lowest BCUT2D eigenvalue weighted by Crippen LogP contribution is -2.38. The number of pyridine rings is 1. The first-order valence-corrected chi connectivity index (χ1v) is 17.0. The topological polar surface area (TPSA) is 57.3 Å². The molecule has 2 aromatic rings. The van der Waals surface area contributed by atoms with Gasteiger partial charge in [-0.2, -0.15) is 0 Å². The van der Waals surface area contributed by atoms with Gasteiger partial charge in [0.1, 0.15) is 5.78 Å². The van der Waals surface area contributed by atoms with Gasteiger partial charge in [0.15, 0.2) is 0 Å². The number of carbonyl (C=O) groups is 1. The van der Waals surface area contributed by atoms with Crippen LogP contribution in [0.15, 0.2) is 49.7 Å². The van der Waals surface area contributed by atoms with Crippen LogP contribution in [-0.2, 0) is 11.2 Å². The van der Waals surface area contributed by atoms with E-state index >= 15 is 0 Å². The Morgan fingerprint density at radius 1 is 1.05 bits per heavy atom. The van der Waals surface area contributed by atoms with Crippen LogP contribution in [0.1, 0.15) is 116 Å². The van der Waals surface area contributed by atoms with E-state index in [4.69, 9.17) is 4.98 Å². The van der Waals surface area contributed by atoms with Gasteiger partial charge in [-0.05, 0) is 116 Å². The smallest absolute Gasteiger partial charge is 0.132 e. The Kier molecular flexibility index (Phi) is 16.8. The van der Waals surface area contributed by atoms with E-state index in [1.807, 2.05) is 21.0 Å². The van der Waals surface area contributed by atoms with Gasteiger partial charge in [0, 0.05) is 47.8 Å². The fraction of sp³-hybridized carbons (Fsp3) is 0.632. The zero-order valence-corrected chi connectivity index (χ0v) is 28.4. The average molecular weight is 591 g/mol. The molecule has 1 spiro atoms. The van der Waals surface area contributed by atoms with Crippen molar-refractivity contribution in [3.05, 3.63) is 60.9 Å². The van der Waals surface area contributed by atoms with Gasteiger partial charge < -0.3 is 15.5 Å². The van der Waals surface area contributed by atoms with Gasteiger partial charge in [-0.15, -0.1) is 13.2 Å². The number of nitrogens with one attached hydrogen (secondary N) is 2. The van der Waals surface area contributed by atoms with Crippen molar-refractivity contribution in [1.82, 2.24) is 20.5 Å². The van der Waals surface area contributed by atoms with E-state index in [0.29, 0.717) is 18.2 Å². The molecule has 2 N–H and O–H groups in total. The van der Waals surface area contributed by atoms with Gasteiger partial charge in [-0.1, -0.05) is 51.3 Å². The summed E-state index contributed by atoms with van der Waals surface area (Å²) in [5.41, 5.74) is 5.84. The fourth-order valence-corrected chi connectivity index (χ4v) is 6.11. The zero-order chi connectivity index (χ0) is 31.7. The molecule has 43 heavy (non-hydrogen) atoms. The van der Waals surface area contributed by atoms with Gasteiger partial charge in [0.05, 0.1) is 5.52 Å². The maximum absolute atomic E-state index is 11.3. The molecule has 5 heteroatoms. The molecule has 0 amide bonds. The molecule has 5 nitrogen and oxygen atoms in total. The number of carbonyl (C=O) groups excluding carboxylic acids is 1. The van der Waals surface area contributed by atoms with Crippen LogP contribution in [0, 0.1) is 5.41 Å². The van der Waals surface area contributed by atoms with E-state index in [-0.39, 0.29) is 0 Å². The maximum atomic E-state index is 11.3. The van der Waals surface area contributed by atoms with Crippen molar-refractivity contribution in [3.8, 4) is 0 Å². The number of hydrogen-bond donors (Lipinski definition) is 2. The molecule has 1 saturated heterocycles. The molecule has 2 aliphatic heterocycles. The van der Waals surface area contributed by atoms with Gasteiger partial charge >= 0.3 is 0 Å². The third-order valence-corrected chi connectivity index (χ3v) is 9.14. The summed E-state index contributed by atoms with van der Waals surface area (Å²) in [7, 11) is 3.75. The molecular weight excluding hydrogens is 528 g/mol. The second-order valence-corrected chi connectivity index (χ2v) is 12.7. The van der Waals surface area contributed by atoms with Crippen LogP contribution in [0.5, 0.6) is 0 Å². The van der Waals surface area contributed by atoms with Crippen molar-refractivity contribution in [3.63, 3.8) is 0 Å². The Hall–Kier alpha value is -2.50. The number of fused-ring (bicyclic) bond motifs is 1. The summed E-state index contributed by atoms with van der Waals surface area (Å²) in [6.45, 7) is 17.5. The second-order valence-electron chi connectivity index (χ2n) is 12.7.